The van der Waals surface area contributed by atoms with E-state index in [1.165, 1.54) is 12.8 Å². The molecule has 0 saturated carbocycles. The van der Waals surface area contributed by atoms with E-state index in [1.54, 1.807) is 0 Å². The Balaban J connectivity index is 2.29. The summed E-state index contributed by atoms with van der Waals surface area (Å²) in [6.07, 6.45) is 6.09. The van der Waals surface area contributed by atoms with Gasteiger partial charge in [-0.3, -0.25) is 0 Å². The van der Waals surface area contributed by atoms with Gasteiger partial charge in [0.05, 0.1) is 0 Å². The monoisotopic (exact) mass is 300 g/mol. The lowest BCUT2D eigenvalue weighted by Crippen LogP contribution is -2.05. The van der Waals surface area contributed by atoms with Crippen molar-refractivity contribution in [1.82, 2.24) is 0 Å². The van der Waals surface area contributed by atoms with Crippen molar-refractivity contribution in [3.05, 3.63) is 44.9 Å². The van der Waals surface area contributed by atoms with E-state index >= 15 is 0 Å². The molecule has 16 heavy (non-hydrogen) atoms. The van der Waals surface area contributed by atoms with Crippen LogP contribution in [0.25, 0.3) is 0 Å². The molecule has 0 bridgehead atoms. The van der Waals surface area contributed by atoms with Crippen molar-refractivity contribution in [1.29, 1.82) is 0 Å². The summed E-state index contributed by atoms with van der Waals surface area (Å²) in [5, 5.41) is 11.0. The molecule has 0 heterocycles. The van der Waals surface area contributed by atoms with Crippen molar-refractivity contribution in [3.8, 4) is 0 Å². The number of rotatable bonds is 2. The summed E-state index contributed by atoms with van der Waals surface area (Å²) in [6, 6.07) is 5.52. The first-order valence-electron chi connectivity index (χ1n) is 5.50. The van der Waals surface area contributed by atoms with E-state index in [9.17, 15) is 5.11 Å². The standard InChI is InChI=1S/C13H14BrClO/c14-12-7-6-10(15)8-11(12)13(16)9-4-2-1-3-5-9/h4,6-8,13,16H,1-3,5H2. The molecule has 1 aliphatic rings. The number of hydrogen-bond acceptors (Lipinski definition) is 1. The van der Waals surface area contributed by atoms with Crippen LogP contribution < -0.4 is 0 Å². The highest BCUT2D eigenvalue weighted by Gasteiger charge is 2.17. The smallest absolute Gasteiger partial charge is 0.101 e. The van der Waals surface area contributed by atoms with Crippen molar-refractivity contribution in [2.45, 2.75) is 31.8 Å². The van der Waals surface area contributed by atoms with Crippen LogP contribution in [0.15, 0.2) is 34.3 Å². The van der Waals surface area contributed by atoms with E-state index in [-0.39, 0.29) is 0 Å². The van der Waals surface area contributed by atoms with Crippen molar-refractivity contribution in [3.63, 3.8) is 0 Å². The molecule has 2 rings (SSSR count). The van der Waals surface area contributed by atoms with Gasteiger partial charge in [0.15, 0.2) is 0 Å². The fourth-order valence-corrected chi connectivity index (χ4v) is 2.68. The topological polar surface area (TPSA) is 20.2 Å². The summed E-state index contributed by atoms with van der Waals surface area (Å²) >= 11 is 9.40. The maximum atomic E-state index is 10.3. The Morgan fingerprint density at radius 3 is 2.81 bits per heavy atom. The summed E-state index contributed by atoms with van der Waals surface area (Å²) in [7, 11) is 0. The quantitative estimate of drug-likeness (QED) is 0.789. The Bertz CT molecular complexity index is 414. The molecule has 0 radical (unpaired) electrons. The highest BCUT2D eigenvalue weighted by Crippen LogP contribution is 2.34. The molecule has 1 unspecified atom stereocenters. The Hall–Kier alpha value is -0.310. The summed E-state index contributed by atoms with van der Waals surface area (Å²) in [6.45, 7) is 0. The first-order chi connectivity index (χ1) is 7.68. The predicted octanol–water partition coefficient (Wildman–Crippen LogP) is 4.64. The lowest BCUT2D eigenvalue weighted by Gasteiger charge is -2.20. The summed E-state index contributed by atoms with van der Waals surface area (Å²) < 4.78 is 0.913. The zero-order chi connectivity index (χ0) is 11.5. The first-order valence-corrected chi connectivity index (χ1v) is 6.67. The Morgan fingerprint density at radius 1 is 1.31 bits per heavy atom. The van der Waals surface area contributed by atoms with Crippen molar-refractivity contribution in [2.75, 3.05) is 0 Å². The molecule has 0 spiro atoms. The predicted molar refractivity (Wildman–Crippen MR) is 70.7 cm³/mol. The van der Waals surface area contributed by atoms with Crippen LogP contribution in [0.4, 0.5) is 0 Å². The molecule has 0 fully saturated rings. The molecule has 1 atom stereocenters. The Kier molecular flexibility index (Phi) is 4.06. The number of allylic oxidation sites excluding steroid dienone is 1. The second-order valence-electron chi connectivity index (χ2n) is 4.09. The SMILES string of the molecule is OC(C1=CCCCC1)c1cc(Cl)ccc1Br. The summed E-state index contributed by atoms with van der Waals surface area (Å²) in [5.41, 5.74) is 1.98. The molecular weight excluding hydrogens is 287 g/mol. The van der Waals surface area contributed by atoms with E-state index in [2.05, 4.69) is 22.0 Å². The molecule has 0 aromatic heterocycles. The van der Waals surface area contributed by atoms with E-state index in [0.29, 0.717) is 5.02 Å². The van der Waals surface area contributed by atoms with Crippen molar-refractivity contribution >= 4 is 27.5 Å². The van der Waals surface area contributed by atoms with Crippen LogP contribution in [-0.2, 0) is 0 Å². The van der Waals surface area contributed by atoms with Crippen molar-refractivity contribution in [2.24, 2.45) is 0 Å². The van der Waals surface area contributed by atoms with Crippen LogP contribution in [0, 0.1) is 0 Å². The minimum absolute atomic E-state index is 0.520. The Labute approximate surface area is 109 Å². The number of aliphatic hydroxyl groups is 1. The fourth-order valence-electron chi connectivity index (χ4n) is 2.04. The van der Waals surface area contributed by atoms with Gasteiger partial charge in [0.2, 0.25) is 0 Å². The van der Waals surface area contributed by atoms with E-state index < -0.39 is 6.10 Å². The van der Waals surface area contributed by atoms with Gasteiger partial charge >= 0.3 is 0 Å². The summed E-state index contributed by atoms with van der Waals surface area (Å²) in [5.74, 6) is 0. The largest absolute Gasteiger partial charge is 0.384 e. The lowest BCUT2D eigenvalue weighted by atomic mass is 9.92. The zero-order valence-electron chi connectivity index (χ0n) is 8.92. The van der Waals surface area contributed by atoms with Crippen LogP contribution >= 0.6 is 27.5 Å². The average Bonchev–Trinajstić information content (AvgIpc) is 2.32. The second kappa shape index (κ2) is 5.35. The van der Waals surface area contributed by atoms with Crippen LogP contribution in [0.5, 0.6) is 0 Å². The molecular formula is C13H14BrClO. The molecule has 1 aliphatic carbocycles. The molecule has 0 aliphatic heterocycles. The third-order valence-electron chi connectivity index (χ3n) is 2.93. The fraction of sp³-hybridized carbons (Fsp3) is 0.385. The number of hydrogen-bond donors (Lipinski definition) is 1. The van der Waals surface area contributed by atoms with Gasteiger partial charge in [0.25, 0.3) is 0 Å². The van der Waals surface area contributed by atoms with E-state index in [1.807, 2.05) is 18.2 Å². The molecule has 1 aromatic rings. The van der Waals surface area contributed by atoms with Crippen molar-refractivity contribution < 1.29 is 5.11 Å². The number of aliphatic hydroxyl groups excluding tert-OH is 1. The minimum Gasteiger partial charge on any atom is -0.384 e. The third-order valence-corrected chi connectivity index (χ3v) is 3.89. The summed E-state index contributed by atoms with van der Waals surface area (Å²) in [4.78, 5) is 0. The lowest BCUT2D eigenvalue weighted by molar-refractivity contribution is 0.207. The average molecular weight is 302 g/mol. The molecule has 3 heteroatoms. The van der Waals surface area contributed by atoms with Gasteiger partial charge in [-0.15, -0.1) is 0 Å². The van der Waals surface area contributed by atoms with Crippen LogP contribution in [0.3, 0.4) is 0 Å². The molecule has 0 saturated heterocycles. The van der Waals surface area contributed by atoms with Crippen LogP contribution in [-0.4, -0.2) is 5.11 Å². The second-order valence-corrected chi connectivity index (χ2v) is 5.38. The molecule has 0 amide bonds. The van der Waals surface area contributed by atoms with Crippen LogP contribution in [0.2, 0.25) is 5.02 Å². The Morgan fingerprint density at radius 2 is 2.12 bits per heavy atom. The minimum atomic E-state index is -0.520. The molecule has 1 N–H and O–H groups in total. The zero-order valence-corrected chi connectivity index (χ0v) is 11.3. The highest BCUT2D eigenvalue weighted by atomic mass is 79.9. The number of benzene rings is 1. The van der Waals surface area contributed by atoms with Gasteiger partial charge in [0, 0.05) is 15.1 Å². The first kappa shape index (κ1) is 12.2. The van der Waals surface area contributed by atoms with Gasteiger partial charge in [-0.2, -0.15) is 0 Å². The van der Waals surface area contributed by atoms with Gasteiger partial charge in [0.1, 0.15) is 6.10 Å². The number of halogens is 2. The van der Waals surface area contributed by atoms with E-state index in [4.69, 9.17) is 11.6 Å². The molecule has 1 nitrogen and oxygen atoms in total. The molecule has 1 aromatic carbocycles. The van der Waals surface area contributed by atoms with Gasteiger partial charge in [-0.25, -0.2) is 0 Å². The maximum Gasteiger partial charge on any atom is 0.101 e. The van der Waals surface area contributed by atoms with Crippen LogP contribution in [0.1, 0.15) is 37.4 Å². The van der Waals surface area contributed by atoms with Gasteiger partial charge in [-0.05, 0) is 49.5 Å². The highest BCUT2D eigenvalue weighted by molar-refractivity contribution is 9.10. The van der Waals surface area contributed by atoms with Gasteiger partial charge < -0.3 is 5.11 Å². The maximum absolute atomic E-state index is 10.3. The normalized spacial score (nSPS) is 18.1. The third kappa shape index (κ3) is 2.68. The van der Waals surface area contributed by atoms with Gasteiger partial charge in [-0.1, -0.05) is 33.6 Å². The molecule has 86 valence electrons. The van der Waals surface area contributed by atoms with E-state index in [0.717, 1.165) is 28.5 Å².